The maximum Gasteiger partial charge on any atom is 0.230 e. The molecule has 0 aliphatic carbocycles. The number of nitrogens with zero attached hydrogens (tertiary/aromatic N) is 2. The average Bonchev–Trinajstić information content (AvgIpc) is 2.46. The summed E-state index contributed by atoms with van der Waals surface area (Å²) in [5.74, 6) is -0.838. The second-order valence-electron chi connectivity index (χ2n) is 5.90. The molecule has 2 heterocycles. The van der Waals surface area contributed by atoms with Crippen LogP contribution in [0.25, 0.3) is 0 Å². The number of Topliss-reactive ketones (excluding diaryl/α,β-unsaturated/α-hetero) is 1. The van der Waals surface area contributed by atoms with E-state index in [4.69, 9.17) is 10.5 Å². The van der Waals surface area contributed by atoms with Gasteiger partial charge in [-0.2, -0.15) is 0 Å². The molecule has 0 aromatic carbocycles. The number of carbonyl (C=O) groups excluding carboxylic acids is 2. The fraction of sp³-hybridized carbons (Fsp3) is 0.562. The van der Waals surface area contributed by atoms with Gasteiger partial charge in [-0.05, 0) is 25.3 Å². The number of hydrogen-bond acceptors (Lipinski definition) is 5. The smallest absolute Gasteiger partial charge is 0.230 e. The first-order valence-corrected chi connectivity index (χ1v) is 7.66. The summed E-state index contributed by atoms with van der Waals surface area (Å²) in [6.45, 7) is 7.68. The zero-order valence-electron chi connectivity index (χ0n) is 13.3. The number of rotatable bonds is 6. The van der Waals surface area contributed by atoms with E-state index in [0.29, 0.717) is 24.9 Å². The standard InChI is InChI=1S/C16H23N3O3/c1-4-22-13-6-5-12-14(18-13)15(20)11(16(17)21)9-19(12)8-7-10(2)3/h5-6,10-11H,4,7-9H2,1-3H3,(H2,17,21). The van der Waals surface area contributed by atoms with Gasteiger partial charge in [0.05, 0.1) is 12.3 Å². The number of hydrogen-bond donors (Lipinski definition) is 1. The monoisotopic (exact) mass is 305 g/mol. The quantitative estimate of drug-likeness (QED) is 0.807. The number of ketones is 1. The summed E-state index contributed by atoms with van der Waals surface area (Å²) >= 11 is 0. The highest BCUT2D eigenvalue weighted by Crippen LogP contribution is 2.30. The Morgan fingerprint density at radius 1 is 1.50 bits per heavy atom. The third-order valence-corrected chi connectivity index (χ3v) is 3.75. The molecule has 6 heteroatoms. The molecule has 0 radical (unpaired) electrons. The minimum atomic E-state index is -0.843. The second kappa shape index (κ2) is 6.77. The minimum absolute atomic E-state index is 0.282. The van der Waals surface area contributed by atoms with E-state index in [1.807, 2.05) is 17.9 Å². The Labute approximate surface area is 130 Å². The van der Waals surface area contributed by atoms with Gasteiger partial charge >= 0.3 is 0 Å². The third-order valence-electron chi connectivity index (χ3n) is 3.75. The van der Waals surface area contributed by atoms with E-state index in [2.05, 4.69) is 18.8 Å². The summed E-state index contributed by atoms with van der Waals surface area (Å²) in [6.07, 6.45) is 0.965. The van der Waals surface area contributed by atoms with E-state index in [1.165, 1.54) is 0 Å². The molecule has 22 heavy (non-hydrogen) atoms. The Kier molecular flexibility index (Phi) is 5.00. The number of carbonyl (C=O) groups is 2. The van der Waals surface area contributed by atoms with Crippen LogP contribution in [0.15, 0.2) is 12.1 Å². The number of nitrogens with two attached hydrogens (primary N) is 1. The Balaban J connectivity index is 2.36. The number of fused-ring (bicyclic) bond motifs is 1. The van der Waals surface area contributed by atoms with Crippen molar-refractivity contribution in [1.29, 1.82) is 0 Å². The van der Waals surface area contributed by atoms with Crippen LogP contribution < -0.4 is 15.4 Å². The number of aromatic nitrogens is 1. The summed E-state index contributed by atoms with van der Waals surface area (Å²) in [4.78, 5) is 30.3. The molecule has 120 valence electrons. The van der Waals surface area contributed by atoms with Crippen LogP contribution in [0.5, 0.6) is 5.88 Å². The average molecular weight is 305 g/mol. The first-order valence-electron chi connectivity index (χ1n) is 7.66. The van der Waals surface area contributed by atoms with Gasteiger partial charge in [-0.1, -0.05) is 13.8 Å². The molecule has 1 aromatic heterocycles. The fourth-order valence-electron chi connectivity index (χ4n) is 2.51. The molecule has 0 saturated heterocycles. The normalized spacial score (nSPS) is 17.5. The van der Waals surface area contributed by atoms with E-state index >= 15 is 0 Å². The molecule has 1 aliphatic rings. The van der Waals surface area contributed by atoms with Gasteiger partial charge in [0.2, 0.25) is 11.8 Å². The zero-order chi connectivity index (χ0) is 16.3. The number of anilines is 1. The Hall–Kier alpha value is -2.11. The summed E-state index contributed by atoms with van der Waals surface area (Å²) in [6, 6.07) is 3.59. The predicted molar refractivity (Wildman–Crippen MR) is 84.1 cm³/mol. The molecule has 0 saturated carbocycles. The maximum atomic E-state index is 12.5. The molecule has 1 atom stereocenters. The van der Waals surface area contributed by atoms with Crippen molar-refractivity contribution in [2.45, 2.75) is 27.2 Å². The minimum Gasteiger partial charge on any atom is -0.478 e. The summed E-state index contributed by atoms with van der Waals surface area (Å²) in [5.41, 5.74) is 6.42. The van der Waals surface area contributed by atoms with Crippen molar-refractivity contribution in [3.63, 3.8) is 0 Å². The van der Waals surface area contributed by atoms with Gasteiger partial charge < -0.3 is 15.4 Å². The topological polar surface area (TPSA) is 85.5 Å². The van der Waals surface area contributed by atoms with E-state index in [-0.39, 0.29) is 11.5 Å². The highest BCUT2D eigenvalue weighted by atomic mass is 16.5. The molecule has 0 spiro atoms. The van der Waals surface area contributed by atoms with Crippen LogP contribution in [0.1, 0.15) is 37.7 Å². The van der Waals surface area contributed by atoms with Crippen molar-refractivity contribution < 1.29 is 14.3 Å². The van der Waals surface area contributed by atoms with Crippen LogP contribution in [-0.2, 0) is 4.79 Å². The van der Waals surface area contributed by atoms with Gasteiger partial charge in [0.1, 0.15) is 11.6 Å². The molecule has 1 unspecified atom stereocenters. The SMILES string of the molecule is CCOc1ccc2c(n1)C(=O)C(C(N)=O)CN2CCC(C)C. The molecule has 1 amide bonds. The van der Waals surface area contributed by atoms with Crippen molar-refractivity contribution in [2.75, 3.05) is 24.6 Å². The van der Waals surface area contributed by atoms with Gasteiger partial charge in [-0.3, -0.25) is 9.59 Å². The van der Waals surface area contributed by atoms with Gasteiger partial charge in [0.15, 0.2) is 5.78 Å². The number of primary amides is 1. The summed E-state index contributed by atoms with van der Waals surface area (Å²) in [7, 11) is 0. The van der Waals surface area contributed by atoms with Crippen molar-refractivity contribution >= 4 is 17.4 Å². The largest absolute Gasteiger partial charge is 0.478 e. The lowest BCUT2D eigenvalue weighted by Gasteiger charge is -2.33. The van der Waals surface area contributed by atoms with Crippen molar-refractivity contribution in [1.82, 2.24) is 4.98 Å². The lowest BCUT2D eigenvalue weighted by atomic mass is 9.93. The lowest BCUT2D eigenvalue weighted by Crippen LogP contribution is -2.46. The van der Waals surface area contributed by atoms with Crippen LogP contribution in [-0.4, -0.2) is 36.4 Å². The molecule has 0 bridgehead atoms. The van der Waals surface area contributed by atoms with E-state index in [0.717, 1.165) is 18.7 Å². The van der Waals surface area contributed by atoms with Crippen LogP contribution in [0, 0.1) is 11.8 Å². The number of ether oxygens (including phenoxy) is 1. The fourth-order valence-corrected chi connectivity index (χ4v) is 2.51. The molecule has 1 aromatic rings. The molecule has 6 nitrogen and oxygen atoms in total. The third kappa shape index (κ3) is 3.37. The van der Waals surface area contributed by atoms with E-state index < -0.39 is 11.8 Å². The van der Waals surface area contributed by atoms with Crippen LogP contribution in [0.2, 0.25) is 0 Å². The summed E-state index contributed by atoms with van der Waals surface area (Å²) < 4.78 is 5.35. The van der Waals surface area contributed by atoms with Gasteiger partial charge in [-0.15, -0.1) is 0 Å². The predicted octanol–water partition coefficient (Wildman–Crippen LogP) is 1.63. The Morgan fingerprint density at radius 3 is 2.82 bits per heavy atom. The molecule has 0 fully saturated rings. The molecular formula is C16H23N3O3. The van der Waals surface area contributed by atoms with Crippen molar-refractivity contribution in [2.24, 2.45) is 17.6 Å². The van der Waals surface area contributed by atoms with Crippen molar-refractivity contribution in [3.05, 3.63) is 17.8 Å². The lowest BCUT2D eigenvalue weighted by molar-refractivity contribution is -0.120. The molecular weight excluding hydrogens is 282 g/mol. The summed E-state index contributed by atoms with van der Waals surface area (Å²) in [5, 5.41) is 0. The zero-order valence-corrected chi connectivity index (χ0v) is 13.3. The van der Waals surface area contributed by atoms with Crippen LogP contribution in [0.4, 0.5) is 5.69 Å². The maximum absolute atomic E-state index is 12.5. The number of amides is 1. The van der Waals surface area contributed by atoms with Crippen LogP contribution >= 0.6 is 0 Å². The Morgan fingerprint density at radius 2 is 2.23 bits per heavy atom. The molecule has 1 aliphatic heterocycles. The van der Waals surface area contributed by atoms with Gasteiger partial charge in [0.25, 0.3) is 0 Å². The van der Waals surface area contributed by atoms with E-state index in [1.54, 1.807) is 6.07 Å². The first kappa shape index (κ1) is 16.3. The molecule has 2 rings (SSSR count). The van der Waals surface area contributed by atoms with E-state index in [9.17, 15) is 9.59 Å². The molecule has 2 N–H and O–H groups in total. The van der Waals surface area contributed by atoms with Gasteiger partial charge in [-0.25, -0.2) is 4.98 Å². The van der Waals surface area contributed by atoms with Gasteiger partial charge in [0, 0.05) is 19.2 Å². The highest BCUT2D eigenvalue weighted by molar-refractivity contribution is 6.13. The van der Waals surface area contributed by atoms with Crippen LogP contribution in [0.3, 0.4) is 0 Å². The Bertz CT molecular complexity index is 572. The first-order chi connectivity index (χ1) is 10.4. The van der Waals surface area contributed by atoms with Crippen molar-refractivity contribution in [3.8, 4) is 5.88 Å². The second-order valence-corrected chi connectivity index (χ2v) is 5.90. The number of pyridine rings is 1. The highest BCUT2D eigenvalue weighted by Gasteiger charge is 2.36.